The summed E-state index contributed by atoms with van der Waals surface area (Å²) in [7, 11) is 0. The van der Waals surface area contributed by atoms with Gasteiger partial charge in [0.2, 0.25) is 0 Å². The molecule has 1 heterocycles. The van der Waals surface area contributed by atoms with Gasteiger partial charge in [-0.05, 0) is 0 Å². The molecule has 0 atom stereocenters. The number of aldehydes is 1. The van der Waals surface area contributed by atoms with Gasteiger partial charge in [0.15, 0.2) is 12.0 Å². The van der Waals surface area contributed by atoms with Crippen LogP contribution in [0.4, 0.5) is 5.00 Å². The first kappa shape index (κ1) is 5.17. The number of nitrogens with zero attached hydrogens (tertiary/aromatic N) is 2. The molecule has 4 nitrogen and oxygen atoms in total. The van der Waals surface area contributed by atoms with Crippen molar-refractivity contribution in [2.24, 2.45) is 0 Å². The molecular formula is C3H3N3OS. The molecule has 8 heavy (non-hydrogen) atoms. The molecule has 0 aliphatic rings. The first-order valence-electron chi connectivity index (χ1n) is 1.87. The van der Waals surface area contributed by atoms with Crippen molar-refractivity contribution >= 4 is 22.8 Å². The van der Waals surface area contributed by atoms with Gasteiger partial charge in [-0.3, -0.25) is 4.79 Å². The summed E-state index contributed by atoms with van der Waals surface area (Å²) in [5.41, 5.74) is 5.44. The lowest BCUT2D eigenvalue weighted by atomic mass is 10.5. The van der Waals surface area contributed by atoms with E-state index in [9.17, 15) is 4.79 Å². The van der Waals surface area contributed by atoms with Crippen LogP contribution in [0.25, 0.3) is 0 Å². The van der Waals surface area contributed by atoms with Gasteiger partial charge in [-0.2, -0.15) is 0 Å². The maximum absolute atomic E-state index is 9.91. The smallest absolute Gasteiger partial charge is 0.173 e. The van der Waals surface area contributed by atoms with E-state index in [-0.39, 0.29) is 5.69 Å². The number of rotatable bonds is 1. The molecule has 0 radical (unpaired) electrons. The van der Waals surface area contributed by atoms with Gasteiger partial charge in [0, 0.05) is 11.5 Å². The number of hydrogen-bond donors (Lipinski definition) is 1. The third-order valence-electron chi connectivity index (χ3n) is 0.652. The summed E-state index contributed by atoms with van der Waals surface area (Å²) >= 11 is 1.01. The van der Waals surface area contributed by atoms with Crippen LogP contribution >= 0.6 is 11.5 Å². The monoisotopic (exact) mass is 129 g/mol. The topological polar surface area (TPSA) is 68.9 Å². The SMILES string of the molecule is Nc1snnc1C=O. The Morgan fingerprint density at radius 1 is 1.75 bits per heavy atom. The molecule has 2 N–H and O–H groups in total. The van der Waals surface area contributed by atoms with Crippen molar-refractivity contribution in [1.82, 2.24) is 9.59 Å². The Hall–Kier alpha value is -0.970. The molecule has 0 amide bonds. The van der Waals surface area contributed by atoms with E-state index in [2.05, 4.69) is 9.59 Å². The number of hydrogen-bond acceptors (Lipinski definition) is 5. The molecular weight excluding hydrogens is 126 g/mol. The zero-order valence-corrected chi connectivity index (χ0v) is 4.68. The zero-order chi connectivity index (χ0) is 5.98. The Labute approximate surface area is 49.5 Å². The first-order valence-corrected chi connectivity index (χ1v) is 2.65. The molecule has 5 heteroatoms. The van der Waals surface area contributed by atoms with Crippen LogP contribution in [0, 0.1) is 0 Å². The highest BCUT2D eigenvalue weighted by atomic mass is 32.1. The fraction of sp³-hybridized carbons (Fsp3) is 0. The summed E-state index contributed by atoms with van der Waals surface area (Å²) in [5, 5.41) is 3.78. The van der Waals surface area contributed by atoms with Crippen LogP contribution in [0.5, 0.6) is 0 Å². The van der Waals surface area contributed by atoms with Crippen molar-refractivity contribution in [3.63, 3.8) is 0 Å². The fourth-order valence-corrected chi connectivity index (χ4v) is 0.685. The van der Waals surface area contributed by atoms with E-state index in [0.717, 1.165) is 11.5 Å². The standard InChI is InChI=1S/C3H3N3OS/c4-3-2(1-7)5-6-8-3/h1H,4H2. The number of carbonyl (C=O) groups excluding carboxylic acids is 1. The summed E-state index contributed by atoms with van der Waals surface area (Å²) in [6.45, 7) is 0. The molecule has 0 spiro atoms. The van der Waals surface area contributed by atoms with Gasteiger partial charge in [0.25, 0.3) is 0 Å². The number of nitrogen functional groups attached to an aromatic ring is 1. The van der Waals surface area contributed by atoms with Crippen molar-refractivity contribution in [3.05, 3.63) is 5.69 Å². The van der Waals surface area contributed by atoms with E-state index >= 15 is 0 Å². The quantitative estimate of drug-likeness (QED) is 0.539. The molecule has 0 aromatic carbocycles. The molecule has 0 fully saturated rings. The van der Waals surface area contributed by atoms with Crippen LogP contribution in [0.15, 0.2) is 0 Å². The van der Waals surface area contributed by atoms with E-state index in [1.807, 2.05) is 0 Å². The summed E-state index contributed by atoms with van der Waals surface area (Å²) in [6, 6.07) is 0. The van der Waals surface area contributed by atoms with Gasteiger partial charge in [0.05, 0.1) is 0 Å². The lowest BCUT2D eigenvalue weighted by Crippen LogP contribution is -1.86. The normalized spacial score (nSPS) is 9.00. The minimum Gasteiger partial charge on any atom is -0.387 e. The van der Waals surface area contributed by atoms with E-state index in [0.29, 0.717) is 11.3 Å². The third kappa shape index (κ3) is 0.671. The fourth-order valence-electron chi connectivity index (χ4n) is 0.286. The number of nitrogens with two attached hydrogens (primary N) is 1. The van der Waals surface area contributed by atoms with Crippen molar-refractivity contribution < 1.29 is 4.79 Å². The highest BCUT2D eigenvalue weighted by Gasteiger charge is 1.98. The summed E-state index contributed by atoms with van der Waals surface area (Å²) in [4.78, 5) is 9.91. The van der Waals surface area contributed by atoms with Gasteiger partial charge in [-0.15, -0.1) is 5.10 Å². The lowest BCUT2D eigenvalue weighted by Gasteiger charge is -1.75. The van der Waals surface area contributed by atoms with Crippen molar-refractivity contribution in [2.75, 3.05) is 5.73 Å². The predicted molar refractivity (Wildman–Crippen MR) is 29.7 cm³/mol. The maximum atomic E-state index is 9.91. The van der Waals surface area contributed by atoms with E-state index in [4.69, 9.17) is 5.73 Å². The van der Waals surface area contributed by atoms with Gasteiger partial charge in [0.1, 0.15) is 5.00 Å². The van der Waals surface area contributed by atoms with Crippen molar-refractivity contribution in [2.45, 2.75) is 0 Å². The molecule has 1 rings (SSSR count). The van der Waals surface area contributed by atoms with Gasteiger partial charge >= 0.3 is 0 Å². The predicted octanol–water partition coefficient (Wildman–Crippen LogP) is -0.0672. The molecule has 0 aliphatic heterocycles. The second kappa shape index (κ2) is 1.87. The minimum absolute atomic E-state index is 0.231. The maximum Gasteiger partial charge on any atom is 0.173 e. The molecule has 0 saturated carbocycles. The van der Waals surface area contributed by atoms with Crippen LogP contribution in [-0.4, -0.2) is 15.9 Å². The summed E-state index contributed by atoms with van der Waals surface area (Å²) in [6.07, 6.45) is 0.582. The Morgan fingerprint density at radius 3 is 2.75 bits per heavy atom. The van der Waals surface area contributed by atoms with Gasteiger partial charge < -0.3 is 5.73 Å². The molecule has 0 saturated heterocycles. The largest absolute Gasteiger partial charge is 0.387 e. The van der Waals surface area contributed by atoms with Crippen molar-refractivity contribution in [3.8, 4) is 0 Å². The third-order valence-corrected chi connectivity index (χ3v) is 1.22. The van der Waals surface area contributed by atoms with Crippen LogP contribution in [0.1, 0.15) is 10.5 Å². The second-order valence-electron chi connectivity index (χ2n) is 1.14. The number of carbonyl (C=O) groups is 1. The van der Waals surface area contributed by atoms with Crippen LogP contribution in [0.2, 0.25) is 0 Å². The van der Waals surface area contributed by atoms with Gasteiger partial charge in [-0.25, -0.2) is 0 Å². The molecule has 1 aromatic rings. The van der Waals surface area contributed by atoms with Crippen molar-refractivity contribution in [1.29, 1.82) is 0 Å². The average molecular weight is 129 g/mol. The summed E-state index contributed by atoms with van der Waals surface area (Å²) in [5.74, 6) is 0. The summed E-state index contributed by atoms with van der Waals surface area (Å²) < 4.78 is 3.43. The minimum atomic E-state index is 0.231. The Morgan fingerprint density at radius 2 is 2.50 bits per heavy atom. The molecule has 0 bridgehead atoms. The van der Waals surface area contributed by atoms with E-state index < -0.39 is 0 Å². The van der Waals surface area contributed by atoms with E-state index in [1.165, 1.54) is 0 Å². The lowest BCUT2D eigenvalue weighted by molar-refractivity contribution is 0.112. The van der Waals surface area contributed by atoms with E-state index in [1.54, 1.807) is 0 Å². The molecule has 1 aromatic heterocycles. The highest BCUT2D eigenvalue weighted by Crippen LogP contribution is 2.08. The zero-order valence-electron chi connectivity index (χ0n) is 3.87. The molecule has 0 unspecified atom stereocenters. The number of aromatic nitrogens is 2. The Balaban J connectivity index is 3.09. The van der Waals surface area contributed by atoms with Gasteiger partial charge in [-0.1, -0.05) is 4.49 Å². The second-order valence-corrected chi connectivity index (χ2v) is 1.93. The first-order chi connectivity index (χ1) is 3.84. The Bertz CT molecular complexity index is 196. The molecule has 0 aliphatic carbocycles. The average Bonchev–Trinajstić information content (AvgIpc) is 2.14. The van der Waals surface area contributed by atoms with Crippen LogP contribution in [-0.2, 0) is 0 Å². The van der Waals surface area contributed by atoms with Crippen LogP contribution < -0.4 is 5.73 Å². The Kier molecular flexibility index (Phi) is 1.21. The number of anilines is 1. The van der Waals surface area contributed by atoms with Crippen LogP contribution in [0.3, 0.4) is 0 Å². The highest BCUT2D eigenvalue weighted by molar-refractivity contribution is 7.10. The molecule has 42 valence electrons.